The monoisotopic (exact) mass is 434 g/mol. The van der Waals surface area contributed by atoms with Gasteiger partial charge in [0.05, 0.1) is 11.0 Å². The molecule has 2 atom stereocenters. The van der Waals surface area contributed by atoms with E-state index in [2.05, 4.69) is 64.0 Å². The number of aromatic nitrogens is 2. The van der Waals surface area contributed by atoms with Crippen molar-refractivity contribution in [3.8, 4) is 0 Å². The van der Waals surface area contributed by atoms with E-state index in [4.69, 9.17) is 16.6 Å². The van der Waals surface area contributed by atoms with Gasteiger partial charge in [-0.05, 0) is 65.8 Å². The number of halogens is 2. The number of benzene rings is 1. The molecule has 1 heterocycles. The average molecular weight is 435 g/mol. The molecule has 0 N–H and O–H groups in total. The second kappa shape index (κ2) is 7.09. The standard InChI is InChI=1S/C16H20ClIN2S/c1-2-21-13-5-4-12(10-13)20-15-6-3-11(18)9-14(15)19-16(20)7-8-17/h3,6,9,12-13H,2,4-5,7-8,10H2,1H3. The summed E-state index contributed by atoms with van der Waals surface area (Å²) in [5.41, 5.74) is 2.40. The molecular weight excluding hydrogens is 415 g/mol. The van der Waals surface area contributed by atoms with Crippen LogP contribution in [-0.2, 0) is 6.42 Å². The molecule has 1 aromatic heterocycles. The number of rotatable bonds is 5. The van der Waals surface area contributed by atoms with Crippen LogP contribution in [0.1, 0.15) is 38.1 Å². The molecule has 2 unspecified atom stereocenters. The highest BCUT2D eigenvalue weighted by atomic mass is 127. The van der Waals surface area contributed by atoms with Crippen molar-refractivity contribution in [1.82, 2.24) is 9.55 Å². The Labute approximate surface area is 149 Å². The van der Waals surface area contributed by atoms with E-state index in [1.807, 2.05) is 0 Å². The van der Waals surface area contributed by atoms with E-state index in [0.29, 0.717) is 11.9 Å². The Morgan fingerprint density at radius 1 is 1.43 bits per heavy atom. The van der Waals surface area contributed by atoms with E-state index < -0.39 is 0 Å². The summed E-state index contributed by atoms with van der Waals surface area (Å²) < 4.78 is 3.72. The third-order valence-corrected chi connectivity index (χ3v) is 6.26. The van der Waals surface area contributed by atoms with Crippen molar-refractivity contribution in [3.05, 3.63) is 27.6 Å². The summed E-state index contributed by atoms with van der Waals surface area (Å²) >= 11 is 10.5. The number of alkyl halides is 1. The Hall–Kier alpha value is 0.0600. The molecule has 1 saturated carbocycles. The molecule has 0 radical (unpaired) electrons. The first kappa shape index (κ1) is 15.9. The number of aryl methyl sites for hydroxylation is 1. The predicted molar refractivity (Wildman–Crippen MR) is 102 cm³/mol. The summed E-state index contributed by atoms with van der Waals surface area (Å²) in [5.74, 6) is 3.02. The molecular formula is C16H20ClIN2S. The van der Waals surface area contributed by atoms with E-state index >= 15 is 0 Å². The van der Waals surface area contributed by atoms with Crippen LogP contribution in [0.3, 0.4) is 0 Å². The molecule has 0 spiro atoms. The first-order valence-electron chi connectivity index (χ1n) is 7.56. The summed E-state index contributed by atoms with van der Waals surface area (Å²) in [6.07, 6.45) is 4.72. The van der Waals surface area contributed by atoms with Crippen LogP contribution in [0.5, 0.6) is 0 Å². The van der Waals surface area contributed by atoms with Crippen LogP contribution in [0.25, 0.3) is 11.0 Å². The molecule has 2 nitrogen and oxygen atoms in total. The first-order chi connectivity index (χ1) is 10.2. The third kappa shape index (κ3) is 3.37. The Balaban J connectivity index is 1.97. The van der Waals surface area contributed by atoms with Crippen molar-refractivity contribution in [2.75, 3.05) is 11.6 Å². The number of hydrogen-bond donors (Lipinski definition) is 0. The highest BCUT2D eigenvalue weighted by Crippen LogP contribution is 2.39. The van der Waals surface area contributed by atoms with Gasteiger partial charge in [0.25, 0.3) is 0 Å². The average Bonchev–Trinajstić information content (AvgIpc) is 3.03. The van der Waals surface area contributed by atoms with Gasteiger partial charge in [-0.15, -0.1) is 11.6 Å². The second-order valence-corrected chi connectivity index (χ2v) is 8.72. The molecule has 1 aliphatic carbocycles. The number of imidazole rings is 1. The van der Waals surface area contributed by atoms with Crippen LogP contribution < -0.4 is 0 Å². The molecule has 5 heteroatoms. The quantitative estimate of drug-likeness (QED) is 0.471. The lowest BCUT2D eigenvalue weighted by atomic mass is 10.2. The molecule has 114 valence electrons. The Morgan fingerprint density at radius 2 is 2.29 bits per heavy atom. The number of fused-ring (bicyclic) bond motifs is 1. The van der Waals surface area contributed by atoms with Gasteiger partial charge in [0.2, 0.25) is 0 Å². The zero-order chi connectivity index (χ0) is 14.8. The molecule has 1 aliphatic rings. The third-order valence-electron chi connectivity index (χ3n) is 4.17. The maximum Gasteiger partial charge on any atom is 0.111 e. The Bertz CT molecular complexity index is 628. The van der Waals surface area contributed by atoms with Crippen LogP contribution in [-0.4, -0.2) is 26.4 Å². The molecule has 0 bridgehead atoms. The van der Waals surface area contributed by atoms with E-state index in [-0.39, 0.29) is 0 Å². The zero-order valence-electron chi connectivity index (χ0n) is 12.2. The smallest absolute Gasteiger partial charge is 0.111 e. The summed E-state index contributed by atoms with van der Waals surface area (Å²) in [6.45, 7) is 2.26. The lowest BCUT2D eigenvalue weighted by Crippen LogP contribution is -2.11. The van der Waals surface area contributed by atoms with E-state index in [1.165, 1.54) is 34.1 Å². The highest BCUT2D eigenvalue weighted by molar-refractivity contribution is 14.1. The highest BCUT2D eigenvalue weighted by Gasteiger charge is 2.28. The topological polar surface area (TPSA) is 17.8 Å². The van der Waals surface area contributed by atoms with E-state index in [9.17, 15) is 0 Å². The van der Waals surface area contributed by atoms with E-state index in [0.717, 1.165) is 23.0 Å². The molecule has 3 rings (SSSR count). The van der Waals surface area contributed by atoms with Crippen molar-refractivity contribution in [1.29, 1.82) is 0 Å². The molecule has 0 saturated heterocycles. The molecule has 1 aromatic carbocycles. The van der Waals surface area contributed by atoms with Crippen LogP contribution >= 0.6 is 46.0 Å². The Morgan fingerprint density at radius 3 is 3.05 bits per heavy atom. The maximum absolute atomic E-state index is 5.99. The van der Waals surface area contributed by atoms with Gasteiger partial charge in [0, 0.05) is 27.2 Å². The summed E-state index contributed by atoms with van der Waals surface area (Å²) in [6, 6.07) is 7.18. The van der Waals surface area contributed by atoms with Gasteiger partial charge < -0.3 is 4.57 Å². The molecule has 21 heavy (non-hydrogen) atoms. The molecule has 2 aromatic rings. The minimum atomic E-state index is 0.595. The summed E-state index contributed by atoms with van der Waals surface area (Å²) in [5, 5.41) is 0.810. The molecule has 1 fully saturated rings. The van der Waals surface area contributed by atoms with Crippen LogP contribution in [0, 0.1) is 3.57 Å². The maximum atomic E-state index is 5.99. The summed E-state index contributed by atoms with van der Waals surface area (Å²) in [4.78, 5) is 4.85. The van der Waals surface area contributed by atoms with Crippen LogP contribution in [0.15, 0.2) is 18.2 Å². The van der Waals surface area contributed by atoms with Crippen molar-refractivity contribution < 1.29 is 0 Å². The van der Waals surface area contributed by atoms with Crippen molar-refractivity contribution in [2.45, 2.75) is 43.9 Å². The molecule has 0 amide bonds. The fourth-order valence-electron chi connectivity index (χ4n) is 3.33. The number of thioether (sulfide) groups is 1. The van der Waals surface area contributed by atoms with E-state index in [1.54, 1.807) is 0 Å². The van der Waals surface area contributed by atoms with Gasteiger partial charge in [-0.3, -0.25) is 0 Å². The summed E-state index contributed by atoms with van der Waals surface area (Å²) in [7, 11) is 0. The SMILES string of the molecule is CCSC1CCC(n2c(CCCl)nc3cc(I)ccc32)C1. The zero-order valence-corrected chi connectivity index (χ0v) is 15.9. The second-order valence-electron chi connectivity index (χ2n) is 5.51. The van der Waals surface area contributed by atoms with Gasteiger partial charge >= 0.3 is 0 Å². The largest absolute Gasteiger partial charge is 0.325 e. The van der Waals surface area contributed by atoms with Gasteiger partial charge in [-0.1, -0.05) is 6.92 Å². The predicted octanol–water partition coefficient (Wildman–Crippen LogP) is 5.27. The van der Waals surface area contributed by atoms with Crippen molar-refractivity contribution in [3.63, 3.8) is 0 Å². The number of nitrogens with zero attached hydrogens (tertiary/aromatic N) is 2. The lowest BCUT2D eigenvalue weighted by molar-refractivity contribution is 0.514. The normalized spacial score (nSPS) is 22.2. The minimum absolute atomic E-state index is 0.595. The number of hydrogen-bond acceptors (Lipinski definition) is 2. The Kier molecular flexibility index (Phi) is 5.38. The van der Waals surface area contributed by atoms with Gasteiger partial charge in [0.15, 0.2) is 0 Å². The van der Waals surface area contributed by atoms with Crippen LogP contribution in [0.2, 0.25) is 0 Å². The first-order valence-corrected chi connectivity index (χ1v) is 10.2. The fraction of sp³-hybridized carbons (Fsp3) is 0.562. The van der Waals surface area contributed by atoms with Crippen LogP contribution in [0.4, 0.5) is 0 Å². The lowest BCUT2D eigenvalue weighted by Gasteiger charge is -2.17. The van der Waals surface area contributed by atoms with Crippen molar-refractivity contribution in [2.24, 2.45) is 0 Å². The van der Waals surface area contributed by atoms with Gasteiger partial charge in [-0.2, -0.15) is 11.8 Å². The van der Waals surface area contributed by atoms with Gasteiger partial charge in [0.1, 0.15) is 5.82 Å². The van der Waals surface area contributed by atoms with Crippen molar-refractivity contribution >= 4 is 57.0 Å². The minimum Gasteiger partial charge on any atom is -0.325 e. The molecule has 0 aliphatic heterocycles. The fourth-order valence-corrected chi connectivity index (χ4v) is 5.11. The van der Waals surface area contributed by atoms with Gasteiger partial charge in [-0.25, -0.2) is 4.98 Å².